The van der Waals surface area contributed by atoms with Crippen molar-refractivity contribution >= 4 is 22.9 Å². The van der Waals surface area contributed by atoms with Crippen LogP contribution in [0, 0.1) is 0 Å². The molecule has 0 aliphatic rings. The highest BCUT2D eigenvalue weighted by molar-refractivity contribution is 7.08. The third-order valence-electron chi connectivity index (χ3n) is 2.61. The van der Waals surface area contributed by atoms with Crippen LogP contribution in [0.2, 0.25) is 0 Å². The van der Waals surface area contributed by atoms with E-state index < -0.39 is 0 Å². The van der Waals surface area contributed by atoms with E-state index in [2.05, 4.69) is 29.0 Å². The molecule has 19 heavy (non-hydrogen) atoms. The highest BCUT2D eigenvalue weighted by Crippen LogP contribution is 2.25. The van der Waals surface area contributed by atoms with Gasteiger partial charge >= 0.3 is 0 Å². The van der Waals surface area contributed by atoms with Gasteiger partial charge < -0.3 is 9.47 Å². The second kappa shape index (κ2) is 8.20. The fourth-order valence-electron chi connectivity index (χ4n) is 1.67. The summed E-state index contributed by atoms with van der Waals surface area (Å²) in [6.07, 6.45) is 0.884. The van der Waals surface area contributed by atoms with E-state index in [9.17, 15) is 0 Å². The van der Waals surface area contributed by atoms with Gasteiger partial charge in [-0.3, -0.25) is 0 Å². The lowest BCUT2D eigenvalue weighted by Crippen LogP contribution is -2.07. The molecule has 0 spiro atoms. The van der Waals surface area contributed by atoms with Gasteiger partial charge in [-0.05, 0) is 46.5 Å². The van der Waals surface area contributed by atoms with Crippen LogP contribution in [0.25, 0.3) is 11.1 Å². The van der Waals surface area contributed by atoms with Crippen molar-refractivity contribution in [1.29, 1.82) is 0 Å². The lowest BCUT2D eigenvalue weighted by atomic mass is 10.1. The fourth-order valence-corrected chi connectivity index (χ4v) is 2.45. The summed E-state index contributed by atoms with van der Waals surface area (Å²) in [6.45, 7) is 1.86. The maximum absolute atomic E-state index is 5.67. The Balaban J connectivity index is 1.79. The molecule has 0 bridgehead atoms. The van der Waals surface area contributed by atoms with Crippen molar-refractivity contribution in [2.45, 2.75) is 6.42 Å². The largest absolute Gasteiger partial charge is 0.491 e. The van der Waals surface area contributed by atoms with Crippen LogP contribution in [0.3, 0.4) is 0 Å². The summed E-state index contributed by atoms with van der Waals surface area (Å²) >= 11 is 7.26. The molecule has 102 valence electrons. The summed E-state index contributed by atoms with van der Waals surface area (Å²) in [5.74, 6) is 1.52. The van der Waals surface area contributed by atoms with Gasteiger partial charge in [-0.2, -0.15) is 11.3 Å². The molecular weight excluding hydrogens is 280 g/mol. The van der Waals surface area contributed by atoms with Crippen LogP contribution in [0.15, 0.2) is 41.1 Å². The minimum Gasteiger partial charge on any atom is -0.491 e. The number of halogens is 1. The quantitative estimate of drug-likeness (QED) is 0.529. The van der Waals surface area contributed by atoms with Crippen molar-refractivity contribution in [1.82, 2.24) is 0 Å². The fraction of sp³-hybridized carbons (Fsp3) is 0.333. The summed E-state index contributed by atoms with van der Waals surface area (Å²) in [4.78, 5) is 0. The Labute approximate surface area is 122 Å². The Morgan fingerprint density at radius 2 is 2.00 bits per heavy atom. The third kappa shape index (κ3) is 4.86. The molecule has 0 fully saturated rings. The van der Waals surface area contributed by atoms with Gasteiger partial charge in [-0.25, -0.2) is 0 Å². The van der Waals surface area contributed by atoms with E-state index in [1.165, 1.54) is 11.1 Å². The highest BCUT2D eigenvalue weighted by atomic mass is 35.5. The molecule has 0 aliphatic carbocycles. The Bertz CT molecular complexity index is 471. The molecule has 0 atom stereocenters. The molecule has 0 unspecified atom stereocenters. The summed E-state index contributed by atoms with van der Waals surface area (Å²) < 4.78 is 11.1. The van der Waals surface area contributed by atoms with Crippen molar-refractivity contribution in [3.8, 4) is 16.9 Å². The van der Waals surface area contributed by atoms with Crippen LogP contribution in [-0.2, 0) is 4.74 Å². The van der Waals surface area contributed by atoms with Crippen LogP contribution in [-0.4, -0.2) is 25.7 Å². The van der Waals surface area contributed by atoms with Crippen LogP contribution in [0.1, 0.15) is 6.42 Å². The predicted molar refractivity (Wildman–Crippen MR) is 81.4 cm³/mol. The first-order chi connectivity index (χ1) is 9.40. The average Bonchev–Trinajstić information content (AvgIpc) is 2.97. The molecule has 0 N–H and O–H groups in total. The Morgan fingerprint density at radius 3 is 2.79 bits per heavy atom. The molecule has 2 aromatic rings. The van der Waals surface area contributed by atoms with Crippen molar-refractivity contribution in [2.24, 2.45) is 0 Å². The van der Waals surface area contributed by atoms with Gasteiger partial charge in [0.1, 0.15) is 12.4 Å². The Kier molecular flexibility index (Phi) is 6.21. The summed E-state index contributed by atoms with van der Waals surface area (Å²) in [5.41, 5.74) is 2.41. The molecule has 2 nitrogen and oxygen atoms in total. The van der Waals surface area contributed by atoms with Crippen molar-refractivity contribution in [3.63, 3.8) is 0 Å². The SMILES string of the molecule is ClCCCOCCOc1cccc(-c2ccsc2)c1. The van der Waals surface area contributed by atoms with E-state index >= 15 is 0 Å². The number of thiophene rings is 1. The molecule has 1 aromatic carbocycles. The lowest BCUT2D eigenvalue weighted by Gasteiger charge is -2.08. The van der Waals surface area contributed by atoms with Crippen LogP contribution in [0.5, 0.6) is 5.75 Å². The van der Waals surface area contributed by atoms with E-state index in [1.54, 1.807) is 11.3 Å². The average molecular weight is 297 g/mol. The van der Waals surface area contributed by atoms with Crippen LogP contribution >= 0.6 is 22.9 Å². The first kappa shape index (κ1) is 14.4. The molecule has 0 aliphatic heterocycles. The zero-order valence-electron chi connectivity index (χ0n) is 10.7. The molecule has 2 rings (SSSR count). The molecule has 1 aromatic heterocycles. The number of hydrogen-bond acceptors (Lipinski definition) is 3. The molecule has 0 amide bonds. The summed E-state index contributed by atoms with van der Waals surface area (Å²) in [7, 11) is 0. The van der Waals surface area contributed by atoms with E-state index in [0.29, 0.717) is 25.7 Å². The van der Waals surface area contributed by atoms with Gasteiger partial charge in [-0.15, -0.1) is 11.6 Å². The topological polar surface area (TPSA) is 18.5 Å². The zero-order chi connectivity index (χ0) is 13.3. The second-order valence-electron chi connectivity index (χ2n) is 4.04. The zero-order valence-corrected chi connectivity index (χ0v) is 12.3. The van der Waals surface area contributed by atoms with Gasteiger partial charge in [0.2, 0.25) is 0 Å². The number of alkyl halides is 1. The summed E-state index contributed by atoms with van der Waals surface area (Å²) in [5, 5.41) is 4.21. The van der Waals surface area contributed by atoms with E-state index in [-0.39, 0.29) is 0 Å². The maximum Gasteiger partial charge on any atom is 0.120 e. The molecule has 1 heterocycles. The highest BCUT2D eigenvalue weighted by Gasteiger charge is 2.00. The third-order valence-corrected chi connectivity index (χ3v) is 3.56. The Morgan fingerprint density at radius 1 is 1.05 bits per heavy atom. The number of benzene rings is 1. The van der Waals surface area contributed by atoms with Gasteiger partial charge in [0.25, 0.3) is 0 Å². The standard InChI is InChI=1S/C15H17ClO2S/c16-6-2-7-17-8-9-18-15-4-1-3-13(11-15)14-5-10-19-12-14/h1,3-5,10-12H,2,6-9H2. The first-order valence-corrected chi connectivity index (χ1v) is 7.77. The smallest absolute Gasteiger partial charge is 0.120 e. The van der Waals surface area contributed by atoms with Gasteiger partial charge in [0.05, 0.1) is 6.61 Å². The number of hydrogen-bond donors (Lipinski definition) is 0. The van der Waals surface area contributed by atoms with Gasteiger partial charge in [-0.1, -0.05) is 12.1 Å². The van der Waals surface area contributed by atoms with E-state index in [4.69, 9.17) is 21.1 Å². The summed E-state index contributed by atoms with van der Waals surface area (Å²) in [6, 6.07) is 10.2. The van der Waals surface area contributed by atoms with Crippen molar-refractivity contribution in [3.05, 3.63) is 41.1 Å². The van der Waals surface area contributed by atoms with E-state index in [1.807, 2.05) is 12.1 Å². The van der Waals surface area contributed by atoms with Crippen LogP contribution in [0.4, 0.5) is 0 Å². The van der Waals surface area contributed by atoms with Crippen molar-refractivity contribution in [2.75, 3.05) is 25.7 Å². The van der Waals surface area contributed by atoms with Crippen molar-refractivity contribution < 1.29 is 9.47 Å². The van der Waals surface area contributed by atoms with Gasteiger partial charge in [0.15, 0.2) is 0 Å². The number of rotatable bonds is 8. The monoisotopic (exact) mass is 296 g/mol. The molecule has 0 saturated heterocycles. The van der Waals surface area contributed by atoms with Crippen LogP contribution < -0.4 is 4.74 Å². The molecule has 0 radical (unpaired) electrons. The minimum atomic E-state index is 0.565. The number of ether oxygens (including phenoxy) is 2. The minimum absolute atomic E-state index is 0.565. The molecule has 0 saturated carbocycles. The second-order valence-corrected chi connectivity index (χ2v) is 5.20. The van der Waals surface area contributed by atoms with E-state index in [0.717, 1.165) is 12.2 Å². The molecule has 4 heteroatoms. The van der Waals surface area contributed by atoms with Gasteiger partial charge in [0, 0.05) is 12.5 Å². The normalized spacial score (nSPS) is 10.6. The maximum atomic E-state index is 5.67. The lowest BCUT2D eigenvalue weighted by molar-refractivity contribution is 0.101. The first-order valence-electron chi connectivity index (χ1n) is 6.29. The Hall–Kier alpha value is -1.03. The predicted octanol–water partition coefficient (Wildman–Crippen LogP) is 4.44. The molecular formula is C15H17ClO2S.